The number of carbonyl (C=O) groups excluding carboxylic acids is 2. The fraction of sp³-hybridized carbons (Fsp3) is 0.381. The Kier molecular flexibility index (Phi) is 6.69. The highest BCUT2D eigenvalue weighted by molar-refractivity contribution is 5.91. The van der Waals surface area contributed by atoms with Crippen molar-refractivity contribution in [3.05, 3.63) is 47.7 Å². The number of hydrogen-bond acceptors (Lipinski definition) is 5. The zero-order valence-corrected chi connectivity index (χ0v) is 17.4. The molecule has 2 heterocycles. The van der Waals surface area contributed by atoms with Crippen molar-refractivity contribution in [3.8, 4) is 11.3 Å². The van der Waals surface area contributed by atoms with Gasteiger partial charge in [-0.1, -0.05) is 6.58 Å². The first kappa shape index (κ1) is 22.4. The molecule has 3 rings (SSSR count). The van der Waals surface area contributed by atoms with Crippen LogP contribution in [0.15, 0.2) is 30.4 Å². The van der Waals surface area contributed by atoms with Crippen LogP contribution in [0.5, 0.6) is 0 Å². The van der Waals surface area contributed by atoms with Crippen LogP contribution in [0.2, 0.25) is 0 Å². The summed E-state index contributed by atoms with van der Waals surface area (Å²) >= 11 is 0. The van der Waals surface area contributed by atoms with Crippen molar-refractivity contribution in [1.29, 1.82) is 0 Å². The van der Waals surface area contributed by atoms with Gasteiger partial charge in [0.05, 0.1) is 18.0 Å². The van der Waals surface area contributed by atoms with Gasteiger partial charge in [0.15, 0.2) is 0 Å². The van der Waals surface area contributed by atoms with Gasteiger partial charge in [-0.15, -0.1) is 0 Å². The zero-order chi connectivity index (χ0) is 22.7. The van der Waals surface area contributed by atoms with Crippen molar-refractivity contribution >= 4 is 17.6 Å². The minimum atomic E-state index is -1.05. The topological polar surface area (TPSA) is 99.5 Å². The molecule has 0 radical (unpaired) electrons. The summed E-state index contributed by atoms with van der Waals surface area (Å²) < 4.78 is 29.4. The molecule has 0 fully saturated rings. The fourth-order valence-electron chi connectivity index (χ4n) is 3.57. The second-order valence-corrected chi connectivity index (χ2v) is 7.45. The molecule has 0 spiro atoms. The Morgan fingerprint density at radius 1 is 1.35 bits per heavy atom. The van der Waals surface area contributed by atoms with Crippen LogP contribution in [0.4, 0.5) is 19.3 Å². The third-order valence-electron chi connectivity index (χ3n) is 5.05. The Balaban J connectivity index is 2.01. The lowest BCUT2D eigenvalue weighted by atomic mass is 10.0. The molecular formula is C21H25F2N5O3. The number of benzene rings is 1. The molecule has 3 N–H and O–H groups in total. The number of hydrogen-bond donors (Lipinski definition) is 3. The second-order valence-electron chi connectivity index (χ2n) is 7.45. The second kappa shape index (κ2) is 9.25. The number of rotatable bonds is 6. The summed E-state index contributed by atoms with van der Waals surface area (Å²) in [7, 11) is 1.79. The lowest BCUT2D eigenvalue weighted by Gasteiger charge is -2.26. The molecule has 1 aromatic carbocycles. The van der Waals surface area contributed by atoms with E-state index in [0.29, 0.717) is 29.9 Å². The molecular weight excluding hydrogens is 408 g/mol. The van der Waals surface area contributed by atoms with Crippen molar-refractivity contribution in [2.75, 3.05) is 31.6 Å². The van der Waals surface area contributed by atoms with E-state index < -0.39 is 29.6 Å². The van der Waals surface area contributed by atoms with Crippen LogP contribution >= 0.6 is 0 Å². The first-order valence-electron chi connectivity index (χ1n) is 9.88. The maximum Gasteiger partial charge on any atom is 0.343 e. The third-order valence-corrected chi connectivity index (χ3v) is 5.05. The number of amides is 2. The van der Waals surface area contributed by atoms with E-state index in [2.05, 4.69) is 22.3 Å². The van der Waals surface area contributed by atoms with Gasteiger partial charge in [0.2, 0.25) is 5.91 Å². The number of aliphatic hydroxyl groups excluding tert-OH is 1. The van der Waals surface area contributed by atoms with Crippen LogP contribution in [0.25, 0.3) is 11.3 Å². The summed E-state index contributed by atoms with van der Waals surface area (Å²) in [5.41, 5.74) is 1.58. The standard InChI is InChI=1S/C21H25F2N5O3/c1-12(2)17(20(30)24-8-10-29)25-21(31)28-16-5-4-9-27(3)19(16)18(26-28)14-11-13(22)6-7-15(14)23/h6-7,11,17,29H,1,4-5,8-10H2,2-3H3,(H,24,30)(H,25,31)/t17-/m0/s1. The lowest BCUT2D eigenvalue weighted by Crippen LogP contribution is -2.49. The Morgan fingerprint density at radius 3 is 2.77 bits per heavy atom. The van der Waals surface area contributed by atoms with Gasteiger partial charge in [-0.2, -0.15) is 9.78 Å². The summed E-state index contributed by atoms with van der Waals surface area (Å²) in [5, 5.41) is 18.3. The summed E-state index contributed by atoms with van der Waals surface area (Å²) in [4.78, 5) is 27.2. The average Bonchev–Trinajstić information content (AvgIpc) is 3.12. The van der Waals surface area contributed by atoms with Crippen LogP contribution in [0.3, 0.4) is 0 Å². The van der Waals surface area contributed by atoms with Gasteiger partial charge in [0.25, 0.3) is 0 Å². The van der Waals surface area contributed by atoms with E-state index in [0.717, 1.165) is 29.3 Å². The van der Waals surface area contributed by atoms with E-state index >= 15 is 0 Å². The zero-order valence-electron chi connectivity index (χ0n) is 17.4. The molecule has 1 aromatic heterocycles. The molecule has 10 heteroatoms. The normalized spacial score (nSPS) is 14.0. The van der Waals surface area contributed by atoms with Crippen LogP contribution in [0, 0.1) is 11.6 Å². The van der Waals surface area contributed by atoms with Crippen molar-refractivity contribution < 1.29 is 23.5 Å². The maximum atomic E-state index is 14.5. The molecule has 2 amide bonds. The van der Waals surface area contributed by atoms with E-state index in [1.807, 2.05) is 4.90 Å². The summed E-state index contributed by atoms with van der Waals surface area (Å²) in [5.74, 6) is -1.80. The quantitative estimate of drug-likeness (QED) is 0.604. The molecule has 0 saturated carbocycles. The van der Waals surface area contributed by atoms with E-state index in [1.165, 1.54) is 0 Å². The van der Waals surface area contributed by atoms with Crippen LogP contribution in [0.1, 0.15) is 19.0 Å². The highest BCUT2D eigenvalue weighted by Crippen LogP contribution is 2.37. The third kappa shape index (κ3) is 4.58. The highest BCUT2D eigenvalue weighted by Gasteiger charge is 2.31. The molecule has 8 nitrogen and oxygen atoms in total. The van der Waals surface area contributed by atoms with Crippen molar-refractivity contribution in [1.82, 2.24) is 20.4 Å². The van der Waals surface area contributed by atoms with Crippen molar-refractivity contribution in [2.45, 2.75) is 25.8 Å². The molecule has 0 unspecified atom stereocenters. The maximum absolute atomic E-state index is 14.5. The smallest absolute Gasteiger partial charge is 0.343 e. The predicted molar refractivity (Wildman–Crippen MR) is 112 cm³/mol. The predicted octanol–water partition coefficient (Wildman–Crippen LogP) is 1.82. The number of fused-ring (bicyclic) bond motifs is 1. The van der Waals surface area contributed by atoms with Crippen LogP contribution in [-0.2, 0) is 11.2 Å². The van der Waals surface area contributed by atoms with Gasteiger partial charge < -0.3 is 20.6 Å². The Hall–Kier alpha value is -3.27. The molecule has 1 aliphatic rings. The average molecular weight is 433 g/mol. The van der Waals surface area contributed by atoms with Crippen molar-refractivity contribution in [3.63, 3.8) is 0 Å². The van der Waals surface area contributed by atoms with Gasteiger partial charge in [0, 0.05) is 25.7 Å². The monoisotopic (exact) mass is 433 g/mol. The van der Waals surface area contributed by atoms with Gasteiger partial charge >= 0.3 is 6.03 Å². The lowest BCUT2D eigenvalue weighted by molar-refractivity contribution is -0.122. The van der Waals surface area contributed by atoms with Crippen molar-refractivity contribution in [2.24, 2.45) is 0 Å². The molecule has 0 bridgehead atoms. The molecule has 1 atom stereocenters. The summed E-state index contributed by atoms with van der Waals surface area (Å²) in [6.45, 7) is 5.78. The molecule has 0 aliphatic carbocycles. The highest BCUT2D eigenvalue weighted by atomic mass is 19.1. The number of nitrogens with one attached hydrogen (secondary N) is 2. The van der Waals surface area contributed by atoms with E-state index in [-0.39, 0.29) is 24.4 Å². The SMILES string of the molecule is C=C(C)[C@H](NC(=O)n1nc(-c2cc(F)ccc2F)c2c1CCCN2C)C(=O)NCCO. The minimum Gasteiger partial charge on any atom is -0.395 e. The van der Waals surface area contributed by atoms with Gasteiger partial charge in [-0.05, 0) is 43.5 Å². The molecule has 2 aromatic rings. The number of carbonyl (C=O) groups is 2. The Bertz CT molecular complexity index is 1020. The van der Waals surface area contributed by atoms with E-state index in [4.69, 9.17) is 5.11 Å². The summed E-state index contributed by atoms with van der Waals surface area (Å²) in [6, 6.07) is 1.33. The first-order valence-corrected chi connectivity index (χ1v) is 9.88. The van der Waals surface area contributed by atoms with E-state index in [9.17, 15) is 18.4 Å². The molecule has 0 saturated heterocycles. The van der Waals surface area contributed by atoms with Gasteiger partial charge in [-0.25, -0.2) is 13.6 Å². The van der Waals surface area contributed by atoms with Gasteiger partial charge in [0.1, 0.15) is 23.4 Å². The first-order chi connectivity index (χ1) is 14.7. The van der Waals surface area contributed by atoms with Gasteiger partial charge in [-0.3, -0.25) is 4.79 Å². The molecule has 31 heavy (non-hydrogen) atoms. The number of aliphatic hydroxyl groups is 1. The van der Waals surface area contributed by atoms with E-state index in [1.54, 1.807) is 14.0 Å². The summed E-state index contributed by atoms with van der Waals surface area (Å²) in [6.07, 6.45) is 1.25. The molecule has 1 aliphatic heterocycles. The largest absolute Gasteiger partial charge is 0.395 e. The fourth-order valence-corrected chi connectivity index (χ4v) is 3.57. The van der Waals surface area contributed by atoms with Crippen LogP contribution in [-0.4, -0.2) is 59.6 Å². The number of nitrogens with zero attached hydrogens (tertiary/aromatic N) is 3. The number of halogens is 2. The molecule has 166 valence electrons. The Labute approximate surface area is 178 Å². The number of anilines is 1. The minimum absolute atomic E-state index is 0.0312. The number of aromatic nitrogens is 2. The van der Waals surface area contributed by atoms with Crippen LogP contribution < -0.4 is 15.5 Å². The Morgan fingerprint density at radius 2 is 2.10 bits per heavy atom.